The van der Waals surface area contributed by atoms with Gasteiger partial charge >= 0.3 is 0 Å². The summed E-state index contributed by atoms with van der Waals surface area (Å²) in [5, 5.41) is 3.43. The molecule has 2 aromatic rings. The SMILES string of the molecule is CCCNc1nc(N2CCN(c3ccccc3)C(=O)C2)nc2c1SCC2. The van der Waals surface area contributed by atoms with Crippen molar-refractivity contribution in [2.24, 2.45) is 0 Å². The van der Waals surface area contributed by atoms with Crippen molar-refractivity contribution in [2.45, 2.75) is 24.7 Å². The van der Waals surface area contributed by atoms with Gasteiger partial charge in [-0.3, -0.25) is 4.79 Å². The van der Waals surface area contributed by atoms with Crippen LogP contribution < -0.4 is 15.1 Å². The van der Waals surface area contributed by atoms with E-state index in [1.165, 1.54) is 4.90 Å². The van der Waals surface area contributed by atoms with Gasteiger partial charge in [0.1, 0.15) is 12.4 Å². The monoisotopic (exact) mass is 369 g/mol. The van der Waals surface area contributed by atoms with Crippen molar-refractivity contribution in [1.82, 2.24) is 9.97 Å². The fourth-order valence-electron chi connectivity index (χ4n) is 3.28. The van der Waals surface area contributed by atoms with E-state index < -0.39 is 0 Å². The van der Waals surface area contributed by atoms with E-state index in [-0.39, 0.29) is 5.91 Å². The Kier molecular flexibility index (Phi) is 4.97. The number of hydrogen-bond donors (Lipinski definition) is 1. The number of nitrogens with zero attached hydrogens (tertiary/aromatic N) is 4. The Morgan fingerprint density at radius 3 is 2.81 bits per heavy atom. The fourth-order valence-corrected chi connectivity index (χ4v) is 4.35. The van der Waals surface area contributed by atoms with Gasteiger partial charge in [0.15, 0.2) is 0 Å². The molecule has 3 heterocycles. The maximum absolute atomic E-state index is 12.7. The third-order valence-electron chi connectivity index (χ3n) is 4.62. The number of aromatic nitrogens is 2. The molecule has 1 amide bonds. The number of thioether (sulfide) groups is 1. The van der Waals surface area contributed by atoms with Gasteiger partial charge in [0.25, 0.3) is 0 Å². The lowest BCUT2D eigenvalue weighted by molar-refractivity contribution is -0.117. The van der Waals surface area contributed by atoms with Crippen molar-refractivity contribution >= 4 is 35.1 Å². The molecule has 2 aliphatic rings. The Labute approximate surface area is 158 Å². The molecule has 0 atom stereocenters. The quantitative estimate of drug-likeness (QED) is 0.874. The lowest BCUT2D eigenvalue weighted by Gasteiger charge is -2.34. The first-order chi connectivity index (χ1) is 12.8. The summed E-state index contributed by atoms with van der Waals surface area (Å²) in [6.45, 7) is 4.73. The van der Waals surface area contributed by atoms with Gasteiger partial charge in [-0.2, -0.15) is 4.98 Å². The topological polar surface area (TPSA) is 61.4 Å². The van der Waals surface area contributed by atoms with Crippen LogP contribution in [0.3, 0.4) is 0 Å². The molecule has 0 aliphatic carbocycles. The van der Waals surface area contributed by atoms with Gasteiger partial charge in [-0.1, -0.05) is 25.1 Å². The average molecular weight is 369 g/mol. The van der Waals surface area contributed by atoms with Crippen molar-refractivity contribution < 1.29 is 4.79 Å². The van der Waals surface area contributed by atoms with Gasteiger partial charge < -0.3 is 15.1 Å². The number of aryl methyl sites for hydroxylation is 1. The van der Waals surface area contributed by atoms with Crippen molar-refractivity contribution in [3.63, 3.8) is 0 Å². The van der Waals surface area contributed by atoms with Crippen LogP contribution >= 0.6 is 11.8 Å². The molecule has 1 N–H and O–H groups in total. The van der Waals surface area contributed by atoms with Gasteiger partial charge in [-0.15, -0.1) is 11.8 Å². The molecule has 136 valence electrons. The molecule has 0 unspecified atom stereocenters. The molecule has 1 aromatic carbocycles. The van der Waals surface area contributed by atoms with E-state index in [1.54, 1.807) is 0 Å². The molecule has 1 saturated heterocycles. The molecule has 0 bridgehead atoms. The molecule has 2 aliphatic heterocycles. The maximum atomic E-state index is 12.7. The van der Waals surface area contributed by atoms with Crippen molar-refractivity contribution in [1.29, 1.82) is 0 Å². The lowest BCUT2D eigenvalue weighted by atomic mass is 10.2. The van der Waals surface area contributed by atoms with E-state index >= 15 is 0 Å². The summed E-state index contributed by atoms with van der Waals surface area (Å²) in [6, 6.07) is 9.84. The Hall–Kier alpha value is -2.28. The van der Waals surface area contributed by atoms with Gasteiger partial charge in [0.05, 0.1) is 10.6 Å². The molecule has 26 heavy (non-hydrogen) atoms. The van der Waals surface area contributed by atoms with E-state index in [9.17, 15) is 4.79 Å². The average Bonchev–Trinajstić information content (AvgIpc) is 3.15. The predicted octanol–water partition coefficient (Wildman–Crippen LogP) is 2.80. The summed E-state index contributed by atoms with van der Waals surface area (Å²) < 4.78 is 0. The van der Waals surface area contributed by atoms with Crippen LogP contribution in [-0.4, -0.2) is 47.8 Å². The van der Waals surface area contributed by atoms with Crippen LogP contribution in [0.4, 0.5) is 17.5 Å². The number of rotatable bonds is 5. The van der Waals surface area contributed by atoms with E-state index in [4.69, 9.17) is 9.97 Å². The van der Waals surface area contributed by atoms with E-state index in [0.717, 1.165) is 48.9 Å². The predicted molar refractivity (Wildman–Crippen MR) is 106 cm³/mol. The summed E-state index contributed by atoms with van der Waals surface area (Å²) in [7, 11) is 0. The zero-order valence-electron chi connectivity index (χ0n) is 14.9. The van der Waals surface area contributed by atoms with Crippen molar-refractivity contribution in [2.75, 3.05) is 47.0 Å². The number of anilines is 3. The van der Waals surface area contributed by atoms with E-state index in [1.807, 2.05) is 51.9 Å². The van der Waals surface area contributed by atoms with Crippen LogP contribution in [0.2, 0.25) is 0 Å². The number of benzene rings is 1. The molecule has 7 heteroatoms. The van der Waals surface area contributed by atoms with Gasteiger partial charge in [-0.05, 0) is 18.6 Å². The van der Waals surface area contributed by atoms with Crippen LogP contribution in [0.15, 0.2) is 35.2 Å². The number of carbonyl (C=O) groups is 1. The molecule has 1 aromatic heterocycles. The number of amides is 1. The van der Waals surface area contributed by atoms with Crippen LogP contribution in [0.1, 0.15) is 19.0 Å². The third kappa shape index (κ3) is 3.35. The normalized spacial score (nSPS) is 16.7. The smallest absolute Gasteiger partial charge is 0.246 e. The molecular weight excluding hydrogens is 346 g/mol. The van der Waals surface area contributed by atoms with Gasteiger partial charge in [0.2, 0.25) is 11.9 Å². The number of para-hydroxylation sites is 1. The first kappa shape index (κ1) is 17.1. The number of fused-ring (bicyclic) bond motifs is 1. The zero-order valence-corrected chi connectivity index (χ0v) is 15.8. The zero-order chi connectivity index (χ0) is 17.9. The van der Waals surface area contributed by atoms with E-state index in [2.05, 4.69) is 12.2 Å². The second-order valence-electron chi connectivity index (χ2n) is 6.48. The number of hydrogen-bond acceptors (Lipinski definition) is 6. The molecule has 6 nitrogen and oxygen atoms in total. The highest BCUT2D eigenvalue weighted by molar-refractivity contribution is 7.99. The van der Waals surface area contributed by atoms with Gasteiger partial charge in [-0.25, -0.2) is 4.98 Å². The second-order valence-corrected chi connectivity index (χ2v) is 7.58. The summed E-state index contributed by atoms with van der Waals surface area (Å²) in [4.78, 5) is 27.2. The molecule has 0 spiro atoms. The Morgan fingerprint density at radius 1 is 1.19 bits per heavy atom. The lowest BCUT2D eigenvalue weighted by Crippen LogP contribution is -2.51. The Morgan fingerprint density at radius 2 is 2.04 bits per heavy atom. The molecule has 0 radical (unpaired) electrons. The summed E-state index contributed by atoms with van der Waals surface area (Å²) in [5.74, 6) is 2.73. The Balaban J connectivity index is 1.54. The number of carbonyl (C=O) groups excluding carboxylic acids is 1. The molecule has 4 rings (SSSR count). The second kappa shape index (κ2) is 7.53. The first-order valence-electron chi connectivity index (χ1n) is 9.14. The highest BCUT2D eigenvalue weighted by atomic mass is 32.2. The molecular formula is C19H23N5OS. The first-order valence-corrected chi connectivity index (χ1v) is 10.1. The molecule has 1 fully saturated rings. The van der Waals surface area contributed by atoms with Crippen LogP contribution in [0.25, 0.3) is 0 Å². The Bertz CT molecular complexity index is 798. The highest BCUT2D eigenvalue weighted by Gasteiger charge is 2.28. The highest BCUT2D eigenvalue weighted by Crippen LogP contribution is 2.36. The minimum atomic E-state index is 0.0870. The van der Waals surface area contributed by atoms with Crippen LogP contribution in [-0.2, 0) is 11.2 Å². The standard InChI is InChI=1S/C19H23N5OS/c1-2-9-20-18-17-15(8-12-26-17)21-19(22-18)23-10-11-24(16(25)13-23)14-6-4-3-5-7-14/h3-7H,2,8-13H2,1H3,(H,20,21,22). The molecule has 0 saturated carbocycles. The summed E-state index contributed by atoms with van der Waals surface area (Å²) in [6.07, 6.45) is 2.02. The number of piperazine rings is 1. The van der Waals surface area contributed by atoms with Crippen molar-refractivity contribution in [3.8, 4) is 0 Å². The minimum Gasteiger partial charge on any atom is -0.369 e. The fraction of sp³-hybridized carbons (Fsp3) is 0.421. The maximum Gasteiger partial charge on any atom is 0.246 e. The third-order valence-corrected chi connectivity index (χ3v) is 5.75. The van der Waals surface area contributed by atoms with Crippen molar-refractivity contribution in [3.05, 3.63) is 36.0 Å². The minimum absolute atomic E-state index is 0.0870. The largest absolute Gasteiger partial charge is 0.369 e. The van der Waals surface area contributed by atoms with Crippen LogP contribution in [0.5, 0.6) is 0 Å². The number of nitrogens with one attached hydrogen (secondary N) is 1. The summed E-state index contributed by atoms with van der Waals surface area (Å²) in [5.41, 5.74) is 2.06. The van der Waals surface area contributed by atoms with E-state index in [0.29, 0.717) is 19.0 Å². The summed E-state index contributed by atoms with van der Waals surface area (Å²) >= 11 is 1.82. The van der Waals surface area contributed by atoms with Gasteiger partial charge in [0, 0.05) is 37.5 Å². The van der Waals surface area contributed by atoms with Crippen LogP contribution in [0, 0.1) is 0 Å².